The van der Waals surface area contributed by atoms with E-state index in [-0.39, 0.29) is 5.66 Å². The van der Waals surface area contributed by atoms with Gasteiger partial charge in [0.15, 0.2) is 0 Å². The summed E-state index contributed by atoms with van der Waals surface area (Å²) in [6, 6.07) is 6.12. The number of hydrogen-bond acceptors (Lipinski definition) is 3. The Morgan fingerprint density at radius 3 is 2.80 bits per heavy atom. The number of ether oxygens (including phenoxy) is 1. The summed E-state index contributed by atoms with van der Waals surface area (Å²) in [4.78, 5) is 5.72. The number of aromatic amines is 1. The molecule has 108 valence electrons. The van der Waals surface area contributed by atoms with Crippen molar-refractivity contribution in [2.45, 2.75) is 31.8 Å². The molecule has 1 atom stereocenters. The molecule has 2 aromatic rings. The summed E-state index contributed by atoms with van der Waals surface area (Å²) in [5, 5.41) is 1.21. The van der Waals surface area contributed by atoms with Crippen LogP contribution in [0.5, 0.6) is 5.75 Å². The van der Waals surface area contributed by atoms with Crippen LogP contribution in [0.4, 0.5) is 0 Å². The lowest BCUT2D eigenvalue weighted by Gasteiger charge is -2.35. The van der Waals surface area contributed by atoms with Crippen LogP contribution >= 0.6 is 0 Å². The van der Waals surface area contributed by atoms with E-state index in [1.807, 2.05) is 6.07 Å². The Hall–Kier alpha value is -1.52. The molecule has 20 heavy (non-hydrogen) atoms. The zero-order valence-electron chi connectivity index (χ0n) is 12.3. The Bertz CT molecular complexity index is 597. The molecular weight excluding hydrogens is 250 g/mol. The van der Waals surface area contributed by atoms with E-state index in [1.165, 1.54) is 23.8 Å². The van der Waals surface area contributed by atoms with Crippen molar-refractivity contribution in [3.05, 3.63) is 30.0 Å². The van der Waals surface area contributed by atoms with Gasteiger partial charge in [-0.3, -0.25) is 4.90 Å². The van der Waals surface area contributed by atoms with Gasteiger partial charge in [0.2, 0.25) is 0 Å². The van der Waals surface area contributed by atoms with Gasteiger partial charge in [-0.2, -0.15) is 0 Å². The van der Waals surface area contributed by atoms with Crippen LogP contribution in [0.15, 0.2) is 24.4 Å². The smallest absolute Gasteiger partial charge is 0.119 e. The van der Waals surface area contributed by atoms with Crippen molar-refractivity contribution in [3.63, 3.8) is 0 Å². The molecule has 1 unspecified atom stereocenters. The van der Waals surface area contributed by atoms with Gasteiger partial charge in [0.1, 0.15) is 5.75 Å². The van der Waals surface area contributed by atoms with Crippen molar-refractivity contribution < 1.29 is 4.74 Å². The molecule has 0 saturated carbocycles. The summed E-state index contributed by atoms with van der Waals surface area (Å²) >= 11 is 0. The van der Waals surface area contributed by atoms with E-state index in [0.29, 0.717) is 0 Å². The fourth-order valence-corrected chi connectivity index (χ4v) is 3.16. The molecule has 1 aromatic heterocycles. The summed E-state index contributed by atoms with van der Waals surface area (Å²) < 4.78 is 5.32. The first kappa shape index (κ1) is 13.5. The highest BCUT2D eigenvalue weighted by Crippen LogP contribution is 2.28. The predicted octanol–water partition coefficient (Wildman–Crippen LogP) is 2.49. The maximum atomic E-state index is 6.56. The van der Waals surface area contributed by atoms with E-state index in [4.69, 9.17) is 10.5 Å². The highest BCUT2D eigenvalue weighted by atomic mass is 16.5. The van der Waals surface area contributed by atoms with Gasteiger partial charge in [-0.05, 0) is 56.6 Å². The van der Waals surface area contributed by atoms with Crippen molar-refractivity contribution >= 4 is 10.9 Å². The van der Waals surface area contributed by atoms with Crippen LogP contribution in [0.1, 0.15) is 25.3 Å². The lowest BCUT2D eigenvalue weighted by Crippen LogP contribution is -2.53. The Morgan fingerprint density at radius 1 is 1.35 bits per heavy atom. The molecular formula is C16H23N3O. The summed E-state index contributed by atoms with van der Waals surface area (Å²) in [5.74, 6) is 0.887. The van der Waals surface area contributed by atoms with Crippen LogP contribution in [-0.4, -0.2) is 35.7 Å². The number of benzene rings is 1. The fourth-order valence-electron chi connectivity index (χ4n) is 3.16. The number of hydrogen-bond donors (Lipinski definition) is 2. The molecule has 3 N–H and O–H groups in total. The Kier molecular flexibility index (Phi) is 3.44. The topological polar surface area (TPSA) is 54.3 Å². The number of nitrogens with two attached hydrogens (primary N) is 1. The first-order valence-electron chi connectivity index (χ1n) is 7.28. The largest absolute Gasteiger partial charge is 0.497 e. The number of aromatic nitrogens is 1. The van der Waals surface area contributed by atoms with E-state index in [1.54, 1.807) is 7.11 Å². The Balaban J connectivity index is 1.89. The van der Waals surface area contributed by atoms with Crippen LogP contribution in [0.2, 0.25) is 0 Å². The molecule has 1 fully saturated rings. The number of nitrogens with zero attached hydrogens (tertiary/aromatic N) is 1. The number of rotatable bonds is 4. The SMILES string of the molecule is COc1ccc2[nH]cc(CC(C)(N)N3CCCC3)c2c1. The number of fused-ring (bicyclic) bond motifs is 1. The highest BCUT2D eigenvalue weighted by molar-refractivity contribution is 5.84. The molecule has 0 bridgehead atoms. The normalized spacial score (nSPS) is 19.4. The number of H-pyrrole nitrogens is 1. The standard InChI is InChI=1S/C16H23N3O/c1-16(17,19-7-3-4-8-19)10-12-11-18-15-6-5-13(20-2)9-14(12)15/h5-6,9,11,18H,3-4,7-8,10,17H2,1-2H3. The van der Waals surface area contributed by atoms with Gasteiger partial charge in [0, 0.05) is 23.5 Å². The van der Waals surface area contributed by atoms with Crippen molar-refractivity contribution in [3.8, 4) is 5.75 Å². The highest BCUT2D eigenvalue weighted by Gasteiger charge is 2.30. The Morgan fingerprint density at radius 2 is 2.10 bits per heavy atom. The molecule has 1 aliphatic heterocycles. The summed E-state index contributed by atoms with van der Waals surface area (Å²) in [6.45, 7) is 4.36. The zero-order chi connectivity index (χ0) is 14.2. The van der Waals surface area contributed by atoms with Gasteiger partial charge in [0.25, 0.3) is 0 Å². The van der Waals surface area contributed by atoms with Crippen molar-refractivity contribution in [1.82, 2.24) is 9.88 Å². The third kappa shape index (κ3) is 2.41. The third-order valence-corrected chi connectivity index (χ3v) is 4.35. The minimum atomic E-state index is -0.283. The second kappa shape index (κ2) is 5.11. The minimum Gasteiger partial charge on any atom is -0.497 e. The van der Waals surface area contributed by atoms with Crippen molar-refractivity contribution in [2.75, 3.05) is 20.2 Å². The van der Waals surface area contributed by atoms with Gasteiger partial charge in [-0.25, -0.2) is 0 Å². The minimum absolute atomic E-state index is 0.283. The second-order valence-corrected chi connectivity index (χ2v) is 5.95. The van der Waals surface area contributed by atoms with Gasteiger partial charge in [0.05, 0.1) is 12.8 Å². The van der Waals surface area contributed by atoms with Gasteiger partial charge < -0.3 is 15.5 Å². The van der Waals surface area contributed by atoms with Crippen LogP contribution in [0.3, 0.4) is 0 Å². The van der Waals surface area contributed by atoms with Crippen LogP contribution < -0.4 is 10.5 Å². The lowest BCUT2D eigenvalue weighted by molar-refractivity contribution is 0.142. The Labute approximate surface area is 119 Å². The maximum absolute atomic E-state index is 6.56. The first-order valence-corrected chi connectivity index (χ1v) is 7.28. The van der Waals surface area contributed by atoms with E-state index < -0.39 is 0 Å². The predicted molar refractivity (Wildman–Crippen MR) is 82.0 cm³/mol. The quantitative estimate of drug-likeness (QED) is 0.900. The molecule has 4 nitrogen and oxygen atoms in total. The molecule has 2 heterocycles. The molecule has 3 rings (SSSR count). The molecule has 1 aliphatic rings. The number of likely N-dealkylation sites (tertiary alicyclic amines) is 1. The second-order valence-electron chi connectivity index (χ2n) is 5.95. The maximum Gasteiger partial charge on any atom is 0.119 e. The van der Waals surface area contributed by atoms with Gasteiger partial charge in [-0.1, -0.05) is 0 Å². The summed E-state index contributed by atoms with van der Waals surface area (Å²) in [7, 11) is 1.70. The van der Waals surface area contributed by atoms with Crippen LogP contribution in [-0.2, 0) is 6.42 Å². The monoisotopic (exact) mass is 273 g/mol. The number of nitrogens with one attached hydrogen (secondary N) is 1. The van der Waals surface area contributed by atoms with E-state index in [9.17, 15) is 0 Å². The van der Waals surface area contributed by atoms with Crippen LogP contribution in [0.25, 0.3) is 10.9 Å². The average molecular weight is 273 g/mol. The zero-order valence-corrected chi connectivity index (χ0v) is 12.3. The van der Waals surface area contributed by atoms with E-state index in [0.717, 1.165) is 30.8 Å². The van der Waals surface area contributed by atoms with Crippen molar-refractivity contribution in [2.24, 2.45) is 5.73 Å². The summed E-state index contributed by atoms with van der Waals surface area (Å²) in [6.07, 6.45) is 5.44. The molecule has 0 radical (unpaired) electrons. The molecule has 1 aromatic carbocycles. The summed E-state index contributed by atoms with van der Waals surface area (Å²) in [5.41, 5.74) is 8.67. The lowest BCUT2D eigenvalue weighted by atomic mass is 10.00. The molecule has 0 amide bonds. The van der Waals surface area contributed by atoms with Gasteiger partial charge in [-0.15, -0.1) is 0 Å². The van der Waals surface area contributed by atoms with Crippen molar-refractivity contribution in [1.29, 1.82) is 0 Å². The van der Waals surface area contributed by atoms with Crippen LogP contribution in [0, 0.1) is 0 Å². The molecule has 1 saturated heterocycles. The average Bonchev–Trinajstić information content (AvgIpc) is 3.08. The molecule has 0 spiro atoms. The van der Waals surface area contributed by atoms with Gasteiger partial charge >= 0.3 is 0 Å². The van der Waals surface area contributed by atoms with E-state index >= 15 is 0 Å². The molecule has 4 heteroatoms. The first-order chi connectivity index (χ1) is 9.60. The third-order valence-electron chi connectivity index (χ3n) is 4.35. The van der Waals surface area contributed by atoms with E-state index in [2.05, 4.69) is 35.1 Å². The fraction of sp³-hybridized carbons (Fsp3) is 0.500. The number of methoxy groups -OCH3 is 1. The molecule has 0 aliphatic carbocycles.